The van der Waals surface area contributed by atoms with Gasteiger partial charge in [-0.25, -0.2) is 0 Å². The second-order valence-corrected chi connectivity index (χ2v) is 3.21. The monoisotopic (exact) mass is 174 g/mol. The van der Waals surface area contributed by atoms with Crippen LogP contribution < -0.4 is 11.5 Å². The van der Waals surface area contributed by atoms with Crippen molar-refractivity contribution in [3.8, 4) is 0 Å². The molecule has 72 valence electrons. The molecule has 0 rings (SSSR count). The molecule has 0 aromatic rings. The van der Waals surface area contributed by atoms with Crippen LogP contribution in [0.2, 0.25) is 0 Å². The summed E-state index contributed by atoms with van der Waals surface area (Å²) in [6, 6.07) is -0.510. The highest BCUT2D eigenvalue weighted by Crippen LogP contribution is 2.03. The molecule has 0 fully saturated rings. The highest BCUT2D eigenvalue weighted by Gasteiger charge is 2.09. The lowest BCUT2D eigenvalue weighted by molar-refractivity contribution is -0.138. The molecule has 2 atom stereocenters. The molecule has 0 radical (unpaired) electrons. The Bertz CT molecular complexity index is 137. The van der Waals surface area contributed by atoms with Gasteiger partial charge in [0.05, 0.1) is 0 Å². The first kappa shape index (κ1) is 11.4. The van der Waals surface area contributed by atoms with Crippen molar-refractivity contribution in [2.45, 2.75) is 44.7 Å². The first-order valence-corrected chi connectivity index (χ1v) is 4.28. The van der Waals surface area contributed by atoms with Crippen LogP contribution >= 0.6 is 0 Å². The molecule has 2 unspecified atom stereocenters. The molecule has 0 spiro atoms. The third-order valence-electron chi connectivity index (χ3n) is 1.74. The third-order valence-corrected chi connectivity index (χ3v) is 1.74. The second-order valence-electron chi connectivity index (χ2n) is 3.21. The van der Waals surface area contributed by atoms with Crippen LogP contribution in [-0.4, -0.2) is 23.2 Å². The van der Waals surface area contributed by atoms with Crippen LogP contribution in [0.4, 0.5) is 0 Å². The fourth-order valence-electron chi connectivity index (χ4n) is 0.954. The van der Waals surface area contributed by atoms with Crippen molar-refractivity contribution >= 4 is 5.97 Å². The van der Waals surface area contributed by atoms with Crippen molar-refractivity contribution in [1.82, 2.24) is 0 Å². The van der Waals surface area contributed by atoms with Gasteiger partial charge in [0.15, 0.2) is 0 Å². The van der Waals surface area contributed by atoms with Crippen molar-refractivity contribution in [3.05, 3.63) is 0 Å². The van der Waals surface area contributed by atoms with E-state index in [9.17, 15) is 4.79 Å². The van der Waals surface area contributed by atoms with E-state index in [0.29, 0.717) is 6.42 Å². The number of aliphatic carboxylic acids is 1. The largest absolute Gasteiger partial charge is 0.480 e. The van der Waals surface area contributed by atoms with E-state index in [-0.39, 0.29) is 6.04 Å². The van der Waals surface area contributed by atoms with Gasteiger partial charge in [-0.15, -0.1) is 0 Å². The molecule has 5 N–H and O–H groups in total. The summed E-state index contributed by atoms with van der Waals surface area (Å²) in [6.07, 6.45) is 3.28. The first-order valence-electron chi connectivity index (χ1n) is 4.28. The van der Waals surface area contributed by atoms with Crippen LogP contribution in [0.25, 0.3) is 0 Å². The van der Waals surface area contributed by atoms with Gasteiger partial charge in [-0.05, 0) is 19.8 Å². The molecular formula is C8H18N2O2. The molecule has 12 heavy (non-hydrogen) atoms. The van der Waals surface area contributed by atoms with Crippen LogP contribution in [0.1, 0.15) is 32.6 Å². The minimum Gasteiger partial charge on any atom is -0.480 e. The lowest BCUT2D eigenvalue weighted by Crippen LogP contribution is -2.29. The summed E-state index contributed by atoms with van der Waals surface area (Å²) in [5.74, 6) is -0.921. The molecule has 4 heteroatoms. The lowest BCUT2D eigenvalue weighted by Gasteiger charge is -2.06. The predicted molar refractivity (Wildman–Crippen MR) is 47.7 cm³/mol. The Hall–Kier alpha value is -0.610. The molecule has 0 amide bonds. The molecule has 0 aliphatic rings. The van der Waals surface area contributed by atoms with Gasteiger partial charge >= 0.3 is 5.97 Å². The van der Waals surface area contributed by atoms with Gasteiger partial charge in [-0.1, -0.05) is 12.8 Å². The van der Waals surface area contributed by atoms with Crippen molar-refractivity contribution in [1.29, 1.82) is 0 Å². The molecule has 0 aromatic carbocycles. The SMILES string of the molecule is CC(N)CCCCC(N)C(=O)O. The van der Waals surface area contributed by atoms with Crippen LogP contribution in [0.3, 0.4) is 0 Å². The Morgan fingerprint density at radius 1 is 1.33 bits per heavy atom. The highest BCUT2D eigenvalue weighted by atomic mass is 16.4. The number of nitrogens with two attached hydrogens (primary N) is 2. The zero-order valence-electron chi connectivity index (χ0n) is 7.49. The summed E-state index contributed by atoms with van der Waals surface area (Å²) >= 11 is 0. The van der Waals surface area contributed by atoms with Crippen molar-refractivity contribution in [2.24, 2.45) is 11.5 Å². The molecule has 0 saturated heterocycles. The standard InChI is InChI=1S/C8H18N2O2/c1-6(9)4-2-3-5-7(10)8(11)12/h6-7H,2-5,9-10H2,1H3,(H,11,12). The lowest BCUT2D eigenvalue weighted by atomic mass is 10.1. The number of hydrogen-bond acceptors (Lipinski definition) is 3. The fourth-order valence-corrected chi connectivity index (χ4v) is 0.954. The topological polar surface area (TPSA) is 89.3 Å². The zero-order valence-corrected chi connectivity index (χ0v) is 7.49. The molecule has 0 aromatic heterocycles. The fraction of sp³-hybridized carbons (Fsp3) is 0.875. The average Bonchev–Trinajstić information content (AvgIpc) is 1.97. The number of carboxylic acids is 1. The molecule has 4 nitrogen and oxygen atoms in total. The van der Waals surface area contributed by atoms with E-state index in [0.717, 1.165) is 19.3 Å². The molecule has 0 saturated carbocycles. The van der Waals surface area contributed by atoms with E-state index < -0.39 is 12.0 Å². The normalized spacial score (nSPS) is 15.6. The molecule has 0 heterocycles. The smallest absolute Gasteiger partial charge is 0.320 e. The summed E-state index contributed by atoms with van der Waals surface area (Å²) in [5, 5.41) is 8.44. The van der Waals surface area contributed by atoms with Crippen LogP contribution in [0, 0.1) is 0 Å². The summed E-state index contributed by atoms with van der Waals surface area (Å²) in [5.41, 5.74) is 10.8. The number of carboxylic acid groups (broad SMARTS) is 1. The van der Waals surface area contributed by atoms with E-state index in [4.69, 9.17) is 16.6 Å². The quantitative estimate of drug-likeness (QED) is 0.505. The van der Waals surface area contributed by atoms with E-state index in [2.05, 4.69) is 0 Å². The maximum Gasteiger partial charge on any atom is 0.320 e. The van der Waals surface area contributed by atoms with E-state index in [1.165, 1.54) is 0 Å². The number of carbonyl (C=O) groups is 1. The number of hydrogen-bond donors (Lipinski definition) is 3. The Morgan fingerprint density at radius 2 is 1.83 bits per heavy atom. The average molecular weight is 174 g/mol. The minimum atomic E-state index is -0.921. The van der Waals surface area contributed by atoms with Gasteiger partial charge in [0.25, 0.3) is 0 Å². The highest BCUT2D eigenvalue weighted by molar-refractivity contribution is 5.72. The van der Waals surface area contributed by atoms with E-state index in [1.54, 1.807) is 0 Å². The molecule has 0 aliphatic carbocycles. The van der Waals surface area contributed by atoms with Gasteiger partial charge in [-0.3, -0.25) is 4.79 Å². The van der Waals surface area contributed by atoms with Gasteiger partial charge in [-0.2, -0.15) is 0 Å². The van der Waals surface area contributed by atoms with Gasteiger partial charge < -0.3 is 16.6 Å². The Morgan fingerprint density at radius 3 is 2.25 bits per heavy atom. The third kappa shape index (κ3) is 6.12. The van der Waals surface area contributed by atoms with Crippen molar-refractivity contribution in [3.63, 3.8) is 0 Å². The first-order chi connectivity index (χ1) is 5.54. The second kappa shape index (κ2) is 5.97. The van der Waals surface area contributed by atoms with Crippen LogP contribution in [-0.2, 0) is 4.79 Å². The van der Waals surface area contributed by atoms with E-state index >= 15 is 0 Å². The van der Waals surface area contributed by atoms with Crippen LogP contribution in [0.5, 0.6) is 0 Å². The maximum absolute atomic E-state index is 10.3. The number of unbranched alkanes of at least 4 members (excludes halogenated alkanes) is 1. The van der Waals surface area contributed by atoms with Crippen LogP contribution in [0.15, 0.2) is 0 Å². The van der Waals surface area contributed by atoms with Gasteiger partial charge in [0, 0.05) is 6.04 Å². The predicted octanol–water partition coefficient (Wildman–Crippen LogP) is 0.306. The Labute approximate surface area is 72.9 Å². The Balaban J connectivity index is 3.25. The Kier molecular flexibility index (Phi) is 5.66. The number of rotatable bonds is 6. The minimum absolute atomic E-state index is 0.200. The molecule has 0 aliphatic heterocycles. The summed E-state index contributed by atoms with van der Waals surface area (Å²) in [7, 11) is 0. The molecular weight excluding hydrogens is 156 g/mol. The zero-order chi connectivity index (χ0) is 9.56. The maximum atomic E-state index is 10.3. The van der Waals surface area contributed by atoms with Gasteiger partial charge in [0.1, 0.15) is 6.04 Å². The summed E-state index contributed by atoms with van der Waals surface area (Å²) < 4.78 is 0. The van der Waals surface area contributed by atoms with Crippen molar-refractivity contribution < 1.29 is 9.90 Å². The summed E-state index contributed by atoms with van der Waals surface area (Å²) in [6.45, 7) is 1.94. The van der Waals surface area contributed by atoms with Gasteiger partial charge in [0.2, 0.25) is 0 Å². The van der Waals surface area contributed by atoms with E-state index in [1.807, 2.05) is 6.92 Å². The molecule has 0 bridgehead atoms. The summed E-state index contributed by atoms with van der Waals surface area (Å²) in [4.78, 5) is 10.3. The van der Waals surface area contributed by atoms with Crippen molar-refractivity contribution in [2.75, 3.05) is 0 Å².